The van der Waals surface area contributed by atoms with E-state index in [0.717, 1.165) is 13.0 Å². The van der Waals surface area contributed by atoms with E-state index in [9.17, 15) is 8.42 Å². The highest BCUT2D eigenvalue weighted by Gasteiger charge is 2.28. The maximum atomic E-state index is 11.5. The lowest BCUT2D eigenvalue weighted by atomic mass is 10.4. The highest BCUT2D eigenvalue weighted by atomic mass is 32.2. The number of sulfonamides is 1. The summed E-state index contributed by atoms with van der Waals surface area (Å²) in [5.74, 6) is 0. The highest BCUT2D eigenvalue weighted by molar-refractivity contribution is 7.90. The second kappa shape index (κ2) is 3.72. The molecule has 2 N–H and O–H groups in total. The first-order valence-electron chi connectivity index (χ1n) is 4.24. The molecule has 1 heterocycles. The molecule has 0 aromatic heterocycles. The molecule has 0 aromatic carbocycles. The third-order valence-electron chi connectivity index (χ3n) is 1.85. The predicted octanol–water partition coefficient (Wildman–Crippen LogP) is -0.324. The molecule has 72 valence electrons. The van der Waals surface area contributed by atoms with Crippen LogP contribution in [0.4, 0.5) is 0 Å². The van der Waals surface area contributed by atoms with Crippen molar-refractivity contribution in [3.8, 4) is 0 Å². The van der Waals surface area contributed by atoms with Crippen LogP contribution in [-0.4, -0.2) is 32.8 Å². The Balaban J connectivity index is 2.58. The van der Waals surface area contributed by atoms with Crippen LogP contribution < -0.4 is 10.0 Å². The van der Waals surface area contributed by atoms with Crippen molar-refractivity contribution in [2.24, 2.45) is 0 Å². The SMILES string of the molecule is CC(C)NS(=O)(=O)C1CCNC1. The first-order valence-corrected chi connectivity index (χ1v) is 5.79. The summed E-state index contributed by atoms with van der Waals surface area (Å²) in [6, 6.07) is -0.00407. The Kier molecular flexibility index (Phi) is 3.09. The molecule has 0 aromatic rings. The zero-order valence-corrected chi connectivity index (χ0v) is 8.32. The maximum absolute atomic E-state index is 11.5. The fourth-order valence-corrected chi connectivity index (χ4v) is 2.93. The van der Waals surface area contributed by atoms with E-state index < -0.39 is 10.0 Å². The lowest BCUT2D eigenvalue weighted by Gasteiger charge is -2.13. The van der Waals surface area contributed by atoms with Gasteiger partial charge < -0.3 is 5.32 Å². The van der Waals surface area contributed by atoms with Crippen molar-refractivity contribution >= 4 is 10.0 Å². The summed E-state index contributed by atoms with van der Waals surface area (Å²) in [5.41, 5.74) is 0. The van der Waals surface area contributed by atoms with Gasteiger partial charge in [0.2, 0.25) is 10.0 Å². The van der Waals surface area contributed by atoms with Crippen LogP contribution in [-0.2, 0) is 10.0 Å². The molecule has 1 aliphatic heterocycles. The molecule has 4 nitrogen and oxygen atoms in total. The van der Waals surface area contributed by atoms with Crippen molar-refractivity contribution in [1.82, 2.24) is 10.0 Å². The summed E-state index contributed by atoms with van der Waals surface area (Å²) in [6.07, 6.45) is 0.724. The van der Waals surface area contributed by atoms with Gasteiger partial charge in [-0.3, -0.25) is 0 Å². The van der Waals surface area contributed by atoms with Gasteiger partial charge in [0.25, 0.3) is 0 Å². The van der Waals surface area contributed by atoms with E-state index in [2.05, 4.69) is 10.0 Å². The van der Waals surface area contributed by atoms with E-state index >= 15 is 0 Å². The average molecular weight is 192 g/mol. The molecule has 1 fully saturated rings. The highest BCUT2D eigenvalue weighted by Crippen LogP contribution is 2.08. The normalized spacial score (nSPS) is 25.1. The van der Waals surface area contributed by atoms with Crippen LogP contribution in [0, 0.1) is 0 Å². The summed E-state index contributed by atoms with van der Waals surface area (Å²) in [5, 5.41) is 2.80. The lowest BCUT2D eigenvalue weighted by Crippen LogP contribution is -2.39. The molecule has 1 unspecified atom stereocenters. The minimum atomic E-state index is -3.07. The van der Waals surface area contributed by atoms with Gasteiger partial charge in [0.15, 0.2) is 0 Å². The second-order valence-electron chi connectivity index (χ2n) is 3.43. The fraction of sp³-hybridized carbons (Fsp3) is 1.00. The Hall–Kier alpha value is -0.130. The molecule has 0 radical (unpaired) electrons. The molecule has 1 aliphatic rings. The van der Waals surface area contributed by atoms with Gasteiger partial charge in [-0.25, -0.2) is 13.1 Å². The topological polar surface area (TPSA) is 58.2 Å². The maximum Gasteiger partial charge on any atom is 0.216 e. The summed E-state index contributed by atoms with van der Waals surface area (Å²) >= 11 is 0. The summed E-state index contributed by atoms with van der Waals surface area (Å²) < 4.78 is 25.6. The predicted molar refractivity (Wildman–Crippen MR) is 48.5 cm³/mol. The molecule has 0 saturated carbocycles. The Morgan fingerprint density at radius 3 is 2.58 bits per heavy atom. The van der Waals surface area contributed by atoms with Gasteiger partial charge in [-0.2, -0.15) is 0 Å². The Morgan fingerprint density at radius 2 is 2.17 bits per heavy atom. The van der Waals surface area contributed by atoms with Crippen molar-refractivity contribution in [3.05, 3.63) is 0 Å². The smallest absolute Gasteiger partial charge is 0.216 e. The van der Waals surface area contributed by atoms with Crippen LogP contribution in [0.25, 0.3) is 0 Å². The van der Waals surface area contributed by atoms with Crippen LogP contribution in [0.3, 0.4) is 0 Å². The summed E-state index contributed by atoms with van der Waals surface area (Å²) in [7, 11) is -3.07. The molecule has 0 bridgehead atoms. The third kappa shape index (κ3) is 2.43. The minimum Gasteiger partial charge on any atom is -0.315 e. The second-order valence-corrected chi connectivity index (χ2v) is 5.42. The quantitative estimate of drug-likeness (QED) is 0.644. The molecule has 1 rings (SSSR count). The summed E-state index contributed by atoms with van der Waals surface area (Å²) in [4.78, 5) is 0. The Bertz CT molecular complexity index is 230. The van der Waals surface area contributed by atoms with Crippen LogP contribution >= 0.6 is 0 Å². The fourth-order valence-electron chi connectivity index (χ4n) is 1.32. The van der Waals surface area contributed by atoms with Crippen LogP contribution in [0.15, 0.2) is 0 Å². The largest absolute Gasteiger partial charge is 0.315 e. The van der Waals surface area contributed by atoms with Gasteiger partial charge in [0.05, 0.1) is 5.25 Å². The molecular formula is C7H16N2O2S. The molecule has 1 saturated heterocycles. The average Bonchev–Trinajstić information content (AvgIpc) is 2.32. The van der Waals surface area contributed by atoms with E-state index in [0.29, 0.717) is 6.54 Å². The number of nitrogens with one attached hydrogen (secondary N) is 2. The van der Waals surface area contributed by atoms with Crippen LogP contribution in [0.5, 0.6) is 0 Å². The van der Waals surface area contributed by atoms with Gasteiger partial charge in [-0.1, -0.05) is 0 Å². The van der Waals surface area contributed by atoms with E-state index in [1.165, 1.54) is 0 Å². The molecule has 0 aliphatic carbocycles. The van der Waals surface area contributed by atoms with Gasteiger partial charge in [0, 0.05) is 12.6 Å². The van der Waals surface area contributed by atoms with Crippen molar-refractivity contribution in [2.45, 2.75) is 31.6 Å². The van der Waals surface area contributed by atoms with E-state index in [1.807, 2.05) is 13.8 Å². The molecular weight excluding hydrogens is 176 g/mol. The van der Waals surface area contributed by atoms with Gasteiger partial charge in [0.1, 0.15) is 0 Å². The van der Waals surface area contributed by atoms with Crippen molar-refractivity contribution < 1.29 is 8.42 Å². The number of rotatable bonds is 3. The van der Waals surface area contributed by atoms with E-state index in [4.69, 9.17) is 0 Å². The van der Waals surface area contributed by atoms with E-state index in [-0.39, 0.29) is 11.3 Å². The minimum absolute atomic E-state index is 0.00407. The number of hydrogen-bond donors (Lipinski definition) is 2. The molecule has 5 heteroatoms. The third-order valence-corrected chi connectivity index (χ3v) is 3.93. The van der Waals surface area contributed by atoms with Gasteiger partial charge in [-0.15, -0.1) is 0 Å². The zero-order chi connectivity index (χ0) is 9.19. The van der Waals surface area contributed by atoms with Crippen LogP contribution in [0.2, 0.25) is 0 Å². The first-order chi connectivity index (χ1) is 5.52. The number of hydrogen-bond acceptors (Lipinski definition) is 3. The van der Waals surface area contributed by atoms with Crippen molar-refractivity contribution in [1.29, 1.82) is 0 Å². The van der Waals surface area contributed by atoms with Crippen LogP contribution in [0.1, 0.15) is 20.3 Å². The Labute approximate surface area is 73.8 Å². The van der Waals surface area contributed by atoms with Crippen molar-refractivity contribution in [3.63, 3.8) is 0 Å². The van der Waals surface area contributed by atoms with Crippen molar-refractivity contribution in [2.75, 3.05) is 13.1 Å². The summed E-state index contributed by atoms with van der Waals surface area (Å²) in [6.45, 7) is 5.06. The van der Waals surface area contributed by atoms with Gasteiger partial charge >= 0.3 is 0 Å². The Morgan fingerprint density at radius 1 is 1.50 bits per heavy atom. The zero-order valence-electron chi connectivity index (χ0n) is 7.50. The lowest BCUT2D eigenvalue weighted by molar-refractivity contribution is 0.556. The van der Waals surface area contributed by atoms with E-state index in [1.54, 1.807) is 0 Å². The van der Waals surface area contributed by atoms with Gasteiger partial charge in [-0.05, 0) is 26.8 Å². The standard InChI is InChI=1S/C7H16N2O2S/c1-6(2)9-12(10,11)7-3-4-8-5-7/h6-9H,3-5H2,1-2H3. The first kappa shape index (κ1) is 9.95. The molecule has 0 amide bonds. The molecule has 1 atom stereocenters. The molecule has 12 heavy (non-hydrogen) atoms. The monoisotopic (exact) mass is 192 g/mol. The molecule has 0 spiro atoms.